The molecule has 0 amide bonds. The predicted octanol–water partition coefficient (Wildman–Crippen LogP) is 3.36. The molecule has 1 aliphatic heterocycles. The van der Waals surface area contributed by atoms with Gasteiger partial charge in [-0.2, -0.15) is 0 Å². The topological polar surface area (TPSA) is 133 Å². The van der Waals surface area contributed by atoms with Gasteiger partial charge in [-0.1, -0.05) is 24.3 Å². The van der Waals surface area contributed by atoms with E-state index in [2.05, 4.69) is 0 Å². The molecule has 2 aromatic carbocycles. The smallest absolute Gasteiger partial charge is 0.340 e. The van der Waals surface area contributed by atoms with Gasteiger partial charge >= 0.3 is 11.9 Å². The summed E-state index contributed by atoms with van der Waals surface area (Å²) in [5.74, 6) is -2.01. The summed E-state index contributed by atoms with van der Waals surface area (Å²) in [7, 11) is -4.09. The van der Waals surface area contributed by atoms with Crippen molar-refractivity contribution in [2.24, 2.45) is 5.73 Å². The van der Waals surface area contributed by atoms with Gasteiger partial charge in [0.1, 0.15) is 28.6 Å². The Bertz CT molecular complexity index is 1170. The molecule has 0 fully saturated rings. The molecule has 0 aromatic heterocycles. The van der Waals surface area contributed by atoms with E-state index in [0.717, 1.165) is 0 Å². The number of esters is 1. The molecule has 178 valence electrons. The van der Waals surface area contributed by atoms with Crippen LogP contribution in [0.1, 0.15) is 56.5 Å². The van der Waals surface area contributed by atoms with E-state index in [0.29, 0.717) is 18.4 Å². The number of carboxylic acid groups (broad SMARTS) is 1. The SMILES string of the molecule is CC(C)(C)OC(=O)C(C)(N)CC1CCc2ccc(S(=O)(=O)c3ccccc3)c(C(=O)O)c2O1. The van der Waals surface area contributed by atoms with Gasteiger partial charge in [0.05, 0.1) is 9.79 Å². The number of hydrogen-bond acceptors (Lipinski definition) is 7. The van der Waals surface area contributed by atoms with Crippen LogP contribution in [0.3, 0.4) is 0 Å². The highest BCUT2D eigenvalue weighted by Gasteiger charge is 2.39. The molecule has 0 aliphatic carbocycles. The molecule has 9 heteroatoms. The first-order valence-electron chi connectivity index (χ1n) is 10.6. The minimum absolute atomic E-state index is 0.00394. The highest BCUT2D eigenvalue weighted by Crippen LogP contribution is 2.38. The number of carboxylic acids is 1. The second-order valence-corrected chi connectivity index (χ2v) is 11.4. The van der Waals surface area contributed by atoms with E-state index in [1.807, 2.05) is 0 Å². The normalized spacial score (nSPS) is 17.9. The lowest BCUT2D eigenvalue weighted by atomic mass is 9.90. The minimum Gasteiger partial charge on any atom is -0.489 e. The molecule has 2 atom stereocenters. The van der Waals surface area contributed by atoms with E-state index in [4.69, 9.17) is 15.2 Å². The molecule has 0 spiro atoms. The van der Waals surface area contributed by atoms with Crippen molar-refractivity contribution in [2.45, 2.75) is 74.0 Å². The van der Waals surface area contributed by atoms with Crippen molar-refractivity contribution in [3.8, 4) is 5.75 Å². The largest absolute Gasteiger partial charge is 0.489 e. The number of carbonyl (C=O) groups excluding carboxylic acids is 1. The van der Waals surface area contributed by atoms with Gasteiger partial charge in [0, 0.05) is 6.42 Å². The molecule has 1 heterocycles. The summed E-state index contributed by atoms with van der Waals surface area (Å²) >= 11 is 0. The molecule has 2 unspecified atom stereocenters. The van der Waals surface area contributed by atoms with Crippen LogP contribution in [-0.4, -0.2) is 42.7 Å². The minimum atomic E-state index is -4.09. The third-order valence-corrected chi connectivity index (χ3v) is 7.11. The molecule has 0 saturated carbocycles. The number of ether oxygens (including phenoxy) is 2. The number of aromatic carboxylic acids is 1. The molecular weight excluding hydrogens is 446 g/mol. The Labute approximate surface area is 193 Å². The Kier molecular flexibility index (Phi) is 6.59. The molecule has 1 aliphatic rings. The van der Waals surface area contributed by atoms with Crippen LogP contribution in [-0.2, 0) is 25.8 Å². The third-order valence-electron chi connectivity index (χ3n) is 5.29. The van der Waals surface area contributed by atoms with Crippen molar-refractivity contribution in [1.29, 1.82) is 0 Å². The van der Waals surface area contributed by atoms with Crippen molar-refractivity contribution in [1.82, 2.24) is 0 Å². The number of hydrogen-bond donors (Lipinski definition) is 2. The van der Waals surface area contributed by atoms with Crippen LogP contribution in [0, 0.1) is 0 Å². The van der Waals surface area contributed by atoms with Gasteiger partial charge in [-0.25, -0.2) is 13.2 Å². The zero-order chi connectivity index (χ0) is 24.6. The number of aryl methyl sites for hydroxylation is 1. The Balaban J connectivity index is 1.96. The Morgan fingerprint density at radius 2 is 1.76 bits per heavy atom. The second kappa shape index (κ2) is 8.79. The van der Waals surface area contributed by atoms with Crippen LogP contribution < -0.4 is 10.5 Å². The average molecular weight is 476 g/mol. The van der Waals surface area contributed by atoms with Gasteiger partial charge in [-0.15, -0.1) is 0 Å². The van der Waals surface area contributed by atoms with Crippen molar-refractivity contribution in [3.63, 3.8) is 0 Å². The molecule has 8 nitrogen and oxygen atoms in total. The summed E-state index contributed by atoms with van der Waals surface area (Å²) in [5.41, 5.74) is 4.31. The molecular formula is C24H29NO7S. The summed E-state index contributed by atoms with van der Waals surface area (Å²) in [6, 6.07) is 10.5. The van der Waals surface area contributed by atoms with Gasteiger partial charge < -0.3 is 20.3 Å². The van der Waals surface area contributed by atoms with Crippen LogP contribution in [0.15, 0.2) is 52.3 Å². The lowest BCUT2D eigenvalue weighted by Crippen LogP contribution is -2.51. The number of nitrogens with two attached hydrogens (primary N) is 1. The molecule has 0 radical (unpaired) electrons. The summed E-state index contributed by atoms with van der Waals surface area (Å²) in [5, 5.41) is 9.92. The van der Waals surface area contributed by atoms with Crippen molar-refractivity contribution in [2.75, 3.05) is 0 Å². The van der Waals surface area contributed by atoms with Crippen LogP contribution in [0.2, 0.25) is 0 Å². The standard InChI is InChI=1S/C24H29NO7S/c1-23(2,3)32-22(28)24(4,25)14-16-12-10-15-11-13-18(19(21(26)27)20(15)31-16)33(29,30)17-8-6-5-7-9-17/h5-9,11,13,16H,10,12,14,25H2,1-4H3,(H,26,27). The van der Waals surface area contributed by atoms with Gasteiger partial charge in [0.25, 0.3) is 0 Å². The Morgan fingerprint density at radius 3 is 2.33 bits per heavy atom. The highest BCUT2D eigenvalue weighted by atomic mass is 32.2. The highest BCUT2D eigenvalue weighted by molar-refractivity contribution is 7.91. The summed E-state index contributed by atoms with van der Waals surface area (Å²) in [6.07, 6.45) is 0.437. The van der Waals surface area contributed by atoms with Gasteiger partial charge in [0.15, 0.2) is 0 Å². The number of carbonyl (C=O) groups is 2. The first kappa shape index (κ1) is 24.7. The number of fused-ring (bicyclic) bond motifs is 1. The maximum Gasteiger partial charge on any atom is 0.340 e. The van der Waals surface area contributed by atoms with Crippen LogP contribution in [0.5, 0.6) is 5.75 Å². The van der Waals surface area contributed by atoms with E-state index in [9.17, 15) is 23.1 Å². The lowest BCUT2D eigenvalue weighted by molar-refractivity contribution is -0.162. The van der Waals surface area contributed by atoms with E-state index in [1.165, 1.54) is 25.1 Å². The van der Waals surface area contributed by atoms with Gasteiger partial charge in [-0.3, -0.25) is 4.79 Å². The molecule has 2 aromatic rings. The summed E-state index contributed by atoms with van der Waals surface area (Å²) in [6.45, 7) is 6.75. The third kappa shape index (κ3) is 5.36. The van der Waals surface area contributed by atoms with Crippen LogP contribution >= 0.6 is 0 Å². The predicted molar refractivity (Wildman–Crippen MR) is 121 cm³/mol. The Morgan fingerprint density at radius 1 is 1.12 bits per heavy atom. The fourth-order valence-electron chi connectivity index (χ4n) is 3.73. The maximum atomic E-state index is 13.2. The molecule has 0 saturated heterocycles. The monoisotopic (exact) mass is 475 g/mol. The van der Waals surface area contributed by atoms with Gasteiger partial charge in [-0.05, 0) is 64.3 Å². The zero-order valence-electron chi connectivity index (χ0n) is 19.1. The van der Waals surface area contributed by atoms with Crippen molar-refractivity contribution >= 4 is 21.8 Å². The average Bonchev–Trinajstić information content (AvgIpc) is 2.71. The van der Waals surface area contributed by atoms with E-state index < -0.39 is 44.6 Å². The van der Waals surface area contributed by atoms with E-state index in [1.54, 1.807) is 45.0 Å². The van der Waals surface area contributed by atoms with Gasteiger partial charge in [0.2, 0.25) is 9.84 Å². The summed E-state index contributed by atoms with van der Waals surface area (Å²) < 4.78 is 37.7. The Hall–Kier alpha value is -2.91. The van der Waals surface area contributed by atoms with Crippen LogP contribution in [0.4, 0.5) is 0 Å². The first-order chi connectivity index (χ1) is 15.2. The fraction of sp³-hybridized carbons (Fsp3) is 0.417. The quantitative estimate of drug-likeness (QED) is 0.608. The first-order valence-corrected chi connectivity index (χ1v) is 12.1. The van der Waals surface area contributed by atoms with Crippen LogP contribution in [0.25, 0.3) is 0 Å². The fourth-order valence-corrected chi connectivity index (χ4v) is 5.19. The number of benzene rings is 2. The van der Waals surface area contributed by atoms with Crippen molar-refractivity contribution in [3.05, 3.63) is 53.6 Å². The molecule has 3 N–H and O–H groups in total. The van der Waals surface area contributed by atoms with E-state index >= 15 is 0 Å². The lowest BCUT2D eigenvalue weighted by Gasteiger charge is -2.34. The molecule has 0 bridgehead atoms. The number of rotatable bonds is 6. The van der Waals surface area contributed by atoms with E-state index in [-0.39, 0.29) is 22.0 Å². The molecule has 33 heavy (non-hydrogen) atoms. The number of sulfone groups is 1. The maximum absolute atomic E-state index is 13.2. The zero-order valence-corrected chi connectivity index (χ0v) is 19.9. The summed E-state index contributed by atoms with van der Waals surface area (Å²) in [4.78, 5) is 24.4. The molecule has 3 rings (SSSR count). The van der Waals surface area contributed by atoms with Crippen molar-refractivity contribution < 1.29 is 32.6 Å². The second-order valence-electron chi connectivity index (χ2n) is 9.45.